The van der Waals surface area contributed by atoms with E-state index in [0.29, 0.717) is 32.4 Å². The molecule has 0 bridgehead atoms. The van der Waals surface area contributed by atoms with Gasteiger partial charge >= 0.3 is 13.4 Å². The molecule has 1 aromatic heterocycles. The molecule has 2 N–H and O–H groups in total. The fourth-order valence-corrected chi connectivity index (χ4v) is 4.66. The fourth-order valence-electron chi connectivity index (χ4n) is 3.18. The quantitative estimate of drug-likeness (QED) is 0.807. The summed E-state index contributed by atoms with van der Waals surface area (Å²) in [4.78, 5) is 25.3. The molecule has 2 heterocycles. The van der Waals surface area contributed by atoms with Crippen molar-refractivity contribution in [1.82, 2.24) is 14.2 Å². The molecule has 7 nitrogen and oxygen atoms in total. The van der Waals surface area contributed by atoms with Crippen molar-refractivity contribution < 1.29 is 14.0 Å². The number of hydrogen-bond acceptors (Lipinski definition) is 3. The van der Waals surface area contributed by atoms with E-state index in [0.717, 1.165) is 11.0 Å². The van der Waals surface area contributed by atoms with Crippen LogP contribution < -0.4 is 5.69 Å². The normalized spacial score (nSPS) is 21.0. The minimum absolute atomic E-state index is 0.0218. The van der Waals surface area contributed by atoms with Crippen molar-refractivity contribution in [2.75, 3.05) is 13.1 Å². The van der Waals surface area contributed by atoms with E-state index in [9.17, 15) is 14.3 Å². The summed E-state index contributed by atoms with van der Waals surface area (Å²) >= 11 is 0. The maximum absolute atomic E-state index is 12.4. The zero-order valence-corrected chi connectivity index (χ0v) is 14.9. The van der Waals surface area contributed by atoms with Gasteiger partial charge < -0.3 is 9.88 Å². The van der Waals surface area contributed by atoms with E-state index in [1.807, 2.05) is 31.2 Å². The third-order valence-corrected chi connectivity index (χ3v) is 6.43. The average Bonchev–Trinajstić information content (AvgIpc) is 2.90. The maximum Gasteiger partial charge on any atom is 0.405 e. The molecule has 1 aliphatic heterocycles. The van der Waals surface area contributed by atoms with Crippen LogP contribution >= 0.6 is 7.75 Å². The van der Waals surface area contributed by atoms with E-state index in [1.54, 1.807) is 11.5 Å². The van der Waals surface area contributed by atoms with Gasteiger partial charge in [0.2, 0.25) is 0 Å². The van der Waals surface area contributed by atoms with Crippen molar-refractivity contribution in [3.63, 3.8) is 0 Å². The first-order valence-electron chi connectivity index (χ1n) is 8.38. The lowest BCUT2D eigenvalue weighted by Crippen LogP contribution is -2.36. The average molecular weight is 353 g/mol. The lowest BCUT2D eigenvalue weighted by Gasteiger charge is -2.34. The van der Waals surface area contributed by atoms with Crippen LogP contribution in [0.4, 0.5) is 0 Å². The van der Waals surface area contributed by atoms with Gasteiger partial charge in [0.15, 0.2) is 0 Å². The molecular formula is C16H24N3O4P. The van der Waals surface area contributed by atoms with E-state index in [2.05, 4.69) is 4.98 Å². The number of nitrogens with one attached hydrogen (secondary N) is 1. The van der Waals surface area contributed by atoms with Crippen molar-refractivity contribution in [3.8, 4) is 0 Å². The van der Waals surface area contributed by atoms with Crippen LogP contribution in [-0.4, -0.2) is 38.3 Å². The lowest BCUT2D eigenvalue weighted by atomic mass is 10.1. The van der Waals surface area contributed by atoms with E-state index in [1.165, 1.54) is 4.67 Å². The van der Waals surface area contributed by atoms with Gasteiger partial charge in [-0.25, -0.2) is 14.0 Å². The summed E-state index contributed by atoms with van der Waals surface area (Å²) in [5.74, 6) is 0. The zero-order valence-electron chi connectivity index (χ0n) is 14.0. The minimum Gasteiger partial charge on any atom is -0.312 e. The Labute approximate surface area is 140 Å². The summed E-state index contributed by atoms with van der Waals surface area (Å²) in [7, 11) is -3.77. The predicted octanol–water partition coefficient (Wildman–Crippen LogP) is 2.88. The van der Waals surface area contributed by atoms with Crippen molar-refractivity contribution in [1.29, 1.82) is 0 Å². The van der Waals surface area contributed by atoms with E-state index < -0.39 is 7.75 Å². The first-order chi connectivity index (χ1) is 11.4. The predicted molar refractivity (Wildman–Crippen MR) is 93.1 cm³/mol. The largest absolute Gasteiger partial charge is 0.405 e. The van der Waals surface area contributed by atoms with Gasteiger partial charge in [-0.3, -0.25) is 9.09 Å². The topological polar surface area (TPSA) is 87.6 Å². The molecule has 1 aromatic carbocycles. The Hall–Kier alpha value is -1.40. The van der Waals surface area contributed by atoms with Crippen molar-refractivity contribution in [2.45, 2.75) is 45.3 Å². The maximum atomic E-state index is 12.4. The molecule has 24 heavy (non-hydrogen) atoms. The van der Waals surface area contributed by atoms with Crippen LogP contribution in [0.2, 0.25) is 0 Å². The molecule has 1 fully saturated rings. The summed E-state index contributed by atoms with van der Waals surface area (Å²) in [6, 6.07) is 7.61. The van der Waals surface area contributed by atoms with Crippen LogP contribution in [0.3, 0.4) is 0 Å². The Bertz CT molecular complexity index is 807. The lowest BCUT2D eigenvalue weighted by molar-refractivity contribution is 0.133. The molecule has 1 aliphatic rings. The number of fused-ring (bicyclic) bond motifs is 1. The fraction of sp³-hybridized carbons (Fsp3) is 0.562. The highest BCUT2D eigenvalue weighted by molar-refractivity contribution is 7.50. The van der Waals surface area contributed by atoms with Crippen LogP contribution in [0.5, 0.6) is 0 Å². The Kier molecular flexibility index (Phi) is 4.97. The highest BCUT2D eigenvalue weighted by Crippen LogP contribution is 2.49. The Morgan fingerprint density at radius 3 is 2.71 bits per heavy atom. The van der Waals surface area contributed by atoms with Crippen LogP contribution in [0.25, 0.3) is 11.0 Å². The first kappa shape index (κ1) is 17.4. The van der Waals surface area contributed by atoms with Crippen LogP contribution in [0, 0.1) is 0 Å². The second-order valence-electron chi connectivity index (χ2n) is 6.32. The number of nitrogens with zero attached hydrogens (tertiary/aromatic N) is 2. The first-order valence-corrected chi connectivity index (χ1v) is 9.91. The van der Waals surface area contributed by atoms with Gasteiger partial charge in [-0.1, -0.05) is 19.1 Å². The Balaban J connectivity index is 1.74. The van der Waals surface area contributed by atoms with Crippen LogP contribution in [0.15, 0.2) is 29.1 Å². The van der Waals surface area contributed by atoms with Gasteiger partial charge in [0.1, 0.15) is 0 Å². The molecule has 2 aromatic rings. The molecule has 0 spiro atoms. The summed E-state index contributed by atoms with van der Waals surface area (Å²) in [5.41, 5.74) is 1.57. The molecule has 8 heteroatoms. The van der Waals surface area contributed by atoms with Gasteiger partial charge in [0.05, 0.1) is 17.1 Å². The standard InChI is InChI=1S/C16H24N3O4P/c1-3-12(2)23-24(21,22)18-10-8-13(9-11-18)19-15-7-5-4-6-14(15)17-16(19)20/h4-7,12-13H,3,8-11H2,1-2H3,(H,17,20)(H,21,22). The molecule has 3 rings (SSSR count). The molecule has 0 amide bonds. The second kappa shape index (κ2) is 6.84. The van der Waals surface area contributed by atoms with Crippen molar-refractivity contribution >= 4 is 18.8 Å². The van der Waals surface area contributed by atoms with Gasteiger partial charge in [0.25, 0.3) is 0 Å². The molecule has 2 atom stereocenters. The van der Waals surface area contributed by atoms with Gasteiger partial charge in [-0.2, -0.15) is 0 Å². The molecule has 0 aliphatic carbocycles. The molecule has 0 saturated carbocycles. The molecule has 2 unspecified atom stereocenters. The number of rotatable bonds is 5. The van der Waals surface area contributed by atoms with Crippen molar-refractivity contribution in [3.05, 3.63) is 34.7 Å². The second-order valence-corrected chi connectivity index (χ2v) is 8.07. The monoisotopic (exact) mass is 353 g/mol. The smallest absolute Gasteiger partial charge is 0.312 e. The number of imidazole rings is 1. The highest BCUT2D eigenvalue weighted by Gasteiger charge is 2.35. The summed E-state index contributed by atoms with van der Waals surface area (Å²) in [5, 5.41) is 0. The third kappa shape index (κ3) is 3.35. The highest BCUT2D eigenvalue weighted by atomic mass is 31.2. The SMILES string of the molecule is CCC(C)OP(=O)(O)N1CCC(n2c(=O)[nH]c3ccccc32)CC1. The van der Waals surface area contributed by atoms with Crippen LogP contribution in [-0.2, 0) is 9.09 Å². The number of piperidine rings is 1. The van der Waals surface area contributed by atoms with E-state index >= 15 is 0 Å². The summed E-state index contributed by atoms with van der Waals surface area (Å²) in [6.45, 7) is 4.57. The number of para-hydroxylation sites is 2. The number of aromatic nitrogens is 2. The van der Waals surface area contributed by atoms with Gasteiger partial charge in [-0.15, -0.1) is 0 Å². The van der Waals surface area contributed by atoms with Crippen LogP contribution in [0.1, 0.15) is 39.2 Å². The van der Waals surface area contributed by atoms with E-state index in [4.69, 9.17) is 4.52 Å². The number of hydrogen-bond donors (Lipinski definition) is 2. The molecule has 132 valence electrons. The third-order valence-electron chi connectivity index (χ3n) is 4.68. The molecule has 1 saturated heterocycles. The summed E-state index contributed by atoms with van der Waals surface area (Å²) < 4.78 is 21.0. The number of aromatic amines is 1. The number of benzene rings is 1. The number of H-pyrrole nitrogens is 1. The zero-order chi connectivity index (χ0) is 17.3. The molecule has 0 radical (unpaired) electrons. The minimum atomic E-state index is -3.77. The molecular weight excluding hydrogens is 329 g/mol. The van der Waals surface area contributed by atoms with Crippen molar-refractivity contribution in [2.24, 2.45) is 0 Å². The van der Waals surface area contributed by atoms with Gasteiger partial charge in [-0.05, 0) is 38.3 Å². The Morgan fingerprint density at radius 2 is 2.04 bits per heavy atom. The Morgan fingerprint density at radius 1 is 1.38 bits per heavy atom. The summed E-state index contributed by atoms with van der Waals surface area (Å²) in [6.07, 6.45) is 1.70. The van der Waals surface area contributed by atoms with E-state index in [-0.39, 0.29) is 17.8 Å². The van der Waals surface area contributed by atoms with Gasteiger partial charge in [0, 0.05) is 19.1 Å².